The van der Waals surface area contributed by atoms with Crippen LogP contribution in [0.15, 0.2) is 36.5 Å². The van der Waals surface area contributed by atoms with Gasteiger partial charge in [-0.05, 0) is 18.2 Å². The zero-order valence-electron chi connectivity index (χ0n) is 11.1. The lowest BCUT2D eigenvalue weighted by Crippen LogP contribution is -2.40. The Labute approximate surface area is 120 Å². The molecule has 0 unspecified atom stereocenters. The molecule has 3 rings (SSSR count). The van der Waals surface area contributed by atoms with E-state index in [-0.39, 0.29) is 13.0 Å². The van der Waals surface area contributed by atoms with Crippen molar-refractivity contribution in [3.8, 4) is 0 Å². The van der Waals surface area contributed by atoms with Crippen molar-refractivity contribution in [1.82, 2.24) is 9.88 Å². The largest absolute Gasteiger partial charge is 0.480 e. The van der Waals surface area contributed by atoms with Crippen LogP contribution in [0.3, 0.4) is 0 Å². The predicted molar refractivity (Wildman–Crippen MR) is 74.8 cm³/mol. The number of pyridine rings is 1. The minimum Gasteiger partial charge on any atom is -0.480 e. The van der Waals surface area contributed by atoms with Crippen LogP contribution in [0.5, 0.6) is 0 Å². The number of benzene rings is 1. The summed E-state index contributed by atoms with van der Waals surface area (Å²) >= 11 is 0. The molecule has 2 N–H and O–H groups in total. The zero-order valence-corrected chi connectivity index (χ0v) is 11.1. The van der Waals surface area contributed by atoms with Crippen LogP contribution in [0.1, 0.15) is 16.8 Å². The second-order valence-electron chi connectivity index (χ2n) is 5.08. The number of rotatable bonds is 2. The van der Waals surface area contributed by atoms with Crippen LogP contribution in [0.2, 0.25) is 0 Å². The first-order valence-corrected chi connectivity index (χ1v) is 6.63. The second kappa shape index (κ2) is 5.14. The molecule has 1 saturated heterocycles. The van der Waals surface area contributed by atoms with Crippen LogP contribution in [0.25, 0.3) is 10.9 Å². The summed E-state index contributed by atoms with van der Waals surface area (Å²) in [7, 11) is 0. The SMILES string of the molecule is O=C(O)[C@H]1C[C@@H](O)CN1C(=O)c1cccc2ncccc12. The van der Waals surface area contributed by atoms with Crippen LogP contribution in [-0.4, -0.2) is 50.7 Å². The van der Waals surface area contributed by atoms with Crippen LogP contribution < -0.4 is 0 Å². The number of aliphatic hydroxyl groups excluding tert-OH is 1. The number of amides is 1. The molecule has 2 heterocycles. The van der Waals surface area contributed by atoms with E-state index in [0.717, 1.165) is 0 Å². The molecule has 0 radical (unpaired) electrons. The average Bonchev–Trinajstić information content (AvgIpc) is 2.88. The molecule has 6 heteroatoms. The Bertz CT molecular complexity index is 710. The first-order chi connectivity index (χ1) is 10.1. The zero-order chi connectivity index (χ0) is 15.0. The Morgan fingerprint density at radius 1 is 1.24 bits per heavy atom. The lowest BCUT2D eigenvalue weighted by molar-refractivity contribution is -0.141. The maximum Gasteiger partial charge on any atom is 0.326 e. The smallest absolute Gasteiger partial charge is 0.326 e. The van der Waals surface area contributed by atoms with Gasteiger partial charge in [-0.1, -0.05) is 12.1 Å². The fourth-order valence-corrected chi connectivity index (χ4v) is 2.72. The van der Waals surface area contributed by atoms with Gasteiger partial charge >= 0.3 is 5.97 Å². The number of aromatic nitrogens is 1. The third kappa shape index (κ3) is 2.34. The summed E-state index contributed by atoms with van der Waals surface area (Å²) in [4.78, 5) is 29.3. The first-order valence-electron chi connectivity index (χ1n) is 6.63. The molecule has 0 aliphatic carbocycles. The van der Waals surface area contributed by atoms with E-state index < -0.39 is 24.0 Å². The molecule has 108 valence electrons. The number of aliphatic carboxylic acids is 1. The summed E-state index contributed by atoms with van der Waals surface area (Å²) in [6.45, 7) is 0.0342. The summed E-state index contributed by atoms with van der Waals surface area (Å²) in [5.74, 6) is -1.49. The molecule has 0 saturated carbocycles. The quantitative estimate of drug-likeness (QED) is 0.855. The molecular formula is C15H14N2O4. The number of likely N-dealkylation sites (tertiary alicyclic amines) is 1. The third-order valence-corrected chi connectivity index (χ3v) is 3.70. The Morgan fingerprint density at radius 2 is 2.05 bits per heavy atom. The molecule has 1 aromatic carbocycles. The molecule has 21 heavy (non-hydrogen) atoms. The number of carbonyl (C=O) groups is 2. The number of carboxylic acid groups (broad SMARTS) is 1. The fourth-order valence-electron chi connectivity index (χ4n) is 2.72. The fraction of sp³-hybridized carbons (Fsp3) is 0.267. The van der Waals surface area contributed by atoms with Gasteiger partial charge in [-0.15, -0.1) is 0 Å². The highest BCUT2D eigenvalue weighted by molar-refractivity contribution is 6.07. The van der Waals surface area contributed by atoms with Gasteiger partial charge in [-0.25, -0.2) is 4.79 Å². The van der Waals surface area contributed by atoms with Crippen LogP contribution in [0, 0.1) is 0 Å². The van der Waals surface area contributed by atoms with Crippen LogP contribution >= 0.6 is 0 Å². The summed E-state index contributed by atoms with van der Waals surface area (Å²) in [6.07, 6.45) is 0.892. The Balaban J connectivity index is 2.02. The maximum absolute atomic E-state index is 12.6. The van der Waals surface area contributed by atoms with Crippen molar-refractivity contribution >= 4 is 22.8 Å². The number of hydrogen-bond donors (Lipinski definition) is 2. The summed E-state index contributed by atoms with van der Waals surface area (Å²) in [5, 5.41) is 19.5. The van der Waals surface area contributed by atoms with E-state index in [2.05, 4.69) is 4.98 Å². The van der Waals surface area contributed by atoms with Gasteiger partial charge in [0.05, 0.1) is 11.6 Å². The van der Waals surface area contributed by atoms with Crippen molar-refractivity contribution in [2.24, 2.45) is 0 Å². The van der Waals surface area contributed by atoms with Gasteiger partial charge in [0.1, 0.15) is 6.04 Å². The Kier molecular flexibility index (Phi) is 3.31. The van der Waals surface area contributed by atoms with Crippen molar-refractivity contribution in [3.05, 3.63) is 42.1 Å². The molecule has 0 spiro atoms. The standard InChI is InChI=1S/C15H14N2O4/c18-9-7-13(15(20)21)17(8-9)14(19)11-3-1-5-12-10(11)4-2-6-16-12/h1-6,9,13,18H,7-8H2,(H,20,21)/t9-,13-/m1/s1. The van der Waals surface area contributed by atoms with E-state index in [4.69, 9.17) is 0 Å². The van der Waals surface area contributed by atoms with E-state index in [9.17, 15) is 19.8 Å². The number of carbonyl (C=O) groups excluding carboxylic acids is 1. The molecule has 1 aliphatic heterocycles. The maximum atomic E-state index is 12.6. The normalized spacial score (nSPS) is 21.7. The molecule has 1 amide bonds. The molecule has 1 aliphatic rings. The number of β-amino-alcohol motifs (C(OH)–C–C–N with tert-alkyl or cyclic N) is 1. The van der Waals surface area contributed by atoms with Gasteiger partial charge in [0, 0.05) is 30.1 Å². The number of aliphatic hydroxyl groups is 1. The predicted octanol–water partition coefficient (Wildman–Crippen LogP) is 0.895. The van der Waals surface area contributed by atoms with E-state index >= 15 is 0 Å². The van der Waals surface area contributed by atoms with E-state index in [1.807, 2.05) is 0 Å². The van der Waals surface area contributed by atoms with Crippen molar-refractivity contribution in [3.63, 3.8) is 0 Å². The van der Waals surface area contributed by atoms with Crippen molar-refractivity contribution in [1.29, 1.82) is 0 Å². The molecule has 6 nitrogen and oxygen atoms in total. The van der Waals surface area contributed by atoms with Crippen LogP contribution in [0.4, 0.5) is 0 Å². The average molecular weight is 286 g/mol. The van der Waals surface area contributed by atoms with E-state index in [1.54, 1.807) is 36.5 Å². The lowest BCUT2D eigenvalue weighted by atomic mass is 10.1. The molecular weight excluding hydrogens is 272 g/mol. The minimum atomic E-state index is -1.10. The highest BCUT2D eigenvalue weighted by Crippen LogP contribution is 2.24. The lowest BCUT2D eigenvalue weighted by Gasteiger charge is -2.21. The van der Waals surface area contributed by atoms with Gasteiger partial charge < -0.3 is 15.1 Å². The monoisotopic (exact) mass is 286 g/mol. The Morgan fingerprint density at radius 3 is 2.81 bits per heavy atom. The topological polar surface area (TPSA) is 90.7 Å². The second-order valence-corrected chi connectivity index (χ2v) is 5.08. The third-order valence-electron chi connectivity index (χ3n) is 3.70. The summed E-state index contributed by atoms with van der Waals surface area (Å²) in [6, 6.07) is 7.67. The Hall–Kier alpha value is -2.47. The van der Waals surface area contributed by atoms with Gasteiger partial charge in [0.2, 0.25) is 0 Å². The minimum absolute atomic E-state index is 0.0342. The van der Waals surface area contributed by atoms with Gasteiger partial charge in [0.25, 0.3) is 5.91 Å². The van der Waals surface area contributed by atoms with Gasteiger partial charge in [-0.2, -0.15) is 0 Å². The number of carboxylic acids is 1. The van der Waals surface area contributed by atoms with Crippen LogP contribution in [-0.2, 0) is 4.79 Å². The highest BCUT2D eigenvalue weighted by atomic mass is 16.4. The molecule has 1 fully saturated rings. The molecule has 2 aromatic rings. The first kappa shape index (κ1) is 13.5. The van der Waals surface area contributed by atoms with Gasteiger partial charge in [0.15, 0.2) is 0 Å². The highest BCUT2D eigenvalue weighted by Gasteiger charge is 2.39. The van der Waals surface area contributed by atoms with Gasteiger partial charge in [-0.3, -0.25) is 9.78 Å². The van der Waals surface area contributed by atoms with Crippen molar-refractivity contribution in [2.45, 2.75) is 18.6 Å². The molecule has 1 aromatic heterocycles. The summed E-state index contributed by atoms with van der Waals surface area (Å²) in [5.41, 5.74) is 1.08. The van der Waals surface area contributed by atoms with Crippen molar-refractivity contribution in [2.75, 3.05) is 6.54 Å². The van der Waals surface area contributed by atoms with E-state index in [1.165, 1.54) is 4.90 Å². The molecule has 0 bridgehead atoms. The van der Waals surface area contributed by atoms with Crippen molar-refractivity contribution < 1.29 is 19.8 Å². The number of nitrogens with zero attached hydrogens (tertiary/aromatic N) is 2. The van der Waals surface area contributed by atoms with E-state index in [0.29, 0.717) is 16.5 Å². The summed E-state index contributed by atoms with van der Waals surface area (Å²) < 4.78 is 0. The number of hydrogen-bond acceptors (Lipinski definition) is 4. The molecule has 2 atom stereocenters. The number of fused-ring (bicyclic) bond motifs is 1.